The lowest BCUT2D eigenvalue weighted by Gasteiger charge is -2.13. The molecule has 0 bridgehead atoms. The van der Waals surface area contributed by atoms with E-state index >= 15 is 0 Å². The Morgan fingerprint density at radius 1 is 0.763 bits per heavy atom. The van der Waals surface area contributed by atoms with Gasteiger partial charge in [0.2, 0.25) is 10.0 Å². The molecule has 2 N–H and O–H groups in total. The van der Waals surface area contributed by atoms with E-state index in [1.54, 1.807) is 66.7 Å². The Morgan fingerprint density at radius 2 is 1.37 bits per heavy atom. The second kappa shape index (κ2) is 14.8. The molecule has 0 saturated heterocycles. The summed E-state index contributed by atoms with van der Waals surface area (Å²) in [7, 11) is -3.74. The number of unbranched alkanes of at least 4 members (excludes halogenated alkanes) is 7. The summed E-state index contributed by atoms with van der Waals surface area (Å²) < 4.78 is 28.9. The van der Waals surface area contributed by atoms with Gasteiger partial charge in [-0.1, -0.05) is 105 Å². The van der Waals surface area contributed by atoms with Crippen LogP contribution in [-0.2, 0) is 14.8 Å². The van der Waals surface area contributed by atoms with Crippen LogP contribution in [0.1, 0.15) is 73.7 Å². The molecule has 3 rings (SSSR count). The molecule has 202 valence electrons. The van der Waals surface area contributed by atoms with E-state index in [2.05, 4.69) is 4.72 Å². The third kappa shape index (κ3) is 8.79. The standard InChI is InChI=1S/C30H34ClNO5S/c31-27-22-24(19-20-26(27)30(35)23-14-8-7-9-15-23)25-16-11-12-17-28(25)38(36,37)32-21-13-6-4-2-1-3-5-10-18-29(33)34/h7-9,11-12,14-17,19-20,22,32H,1-6,10,13,18,21H2,(H,33,34). The Labute approximate surface area is 230 Å². The summed E-state index contributed by atoms with van der Waals surface area (Å²) in [4.78, 5) is 23.5. The number of hydrogen-bond donors (Lipinski definition) is 2. The molecule has 0 aromatic heterocycles. The molecule has 0 aliphatic carbocycles. The van der Waals surface area contributed by atoms with Crippen LogP contribution in [0.15, 0.2) is 77.7 Å². The molecule has 6 nitrogen and oxygen atoms in total. The van der Waals surface area contributed by atoms with Gasteiger partial charge in [0.15, 0.2) is 5.78 Å². The van der Waals surface area contributed by atoms with Gasteiger partial charge in [0.1, 0.15) is 0 Å². The molecule has 0 unspecified atom stereocenters. The quantitative estimate of drug-likeness (QED) is 0.145. The zero-order valence-electron chi connectivity index (χ0n) is 21.4. The van der Waals surface area contributed by atoms with Gasteiger partial charge in [0.25, 0.3) is 0 Å². The Kier molecular flexibility index (Phi) is 11.5. The highest BCUT2D eigenvalue weighted by molar-refractivity contribution is 7.89. The highest BCUT2D eigenvalue weighted by Crippen LogP contribution is 2.31. The number of benzene rings is 3. The number of carbonyl (C=O) groups excluding carboxylic acids is 1. The van der Waals surface area contributed by atoms with Crippen molar-refractivity contribution in [3.05, 3.63) is 88.9 Å². The Bertz CT molecular complexity index is 1330. The van der Waals surface area contributed by atoms with Crippen molar-refractivity contribution in [2.45, 2.75) is 62.7 Å². The normalized spacial score (nSPS) is 11.4. The first-order valence-corrected chi connectivity index (χ1v) is 14.9. The summed E-state index contributed by atoms with van der Waals surface area (Å²) in [6.07, 6.45) is 7.72. The third-order valence-corrected chi connectivity index (χ3v) is 8.18. The Balaban J connectivity index is 1.55. The van der Waals surface area contributed by atoms with E-state index in [-0.39, 0.29) is 22.1 Å². The van der Waals surface area contributed by atoms with Gasteiger partial charge in [-0.2, -0.15) is 0 Å². The molecule has 0 spiro atoms. The summed E-state index contributed by atoms with van der Waals surface area (Å²) in [6, 6.07) is 20.6. The molecule has 0 amide bonds. The molecule has 38 heavy (non-hydrogen) atoms. The van der Waals surface area contributed by atoms with Crippen LogP contribution in [0.5, 0.6) is 0 Å². The summed E-state index contributed by atoms with van der Waals surface area (Å²) in [5.74, 6) is -0.935. The fourth-order valence-electron chi connectivity index (χ4n) is 4.30. The number of nitrogens with one attached hydrogen (secondary N) is 1. The van der Waals surface area contributed by atoms with Crippen molar-refractivity contribution in [2.75, 3.05) is 6.54 Å². The van der Waals surface area contributed by atoms with E-state index in [9.17, 15) is 18.0 Å². The number of carboxylic acids is 1. The molecule has 0 heterocycles. The molecule has 0 aliphatic rings. The van der Waals surface area contributed by atoms with Gasteiger partial charge in [0.05, 0.1) is 9.92 Å². The molecular formula is C30H34ClNO5S. The predicted octanol–water partition coefficient (Wildman–Crippen LogP) is 7.11. The van der Waals surface area contributed by atoms with Crippen molar-refractivity contribution in [3.8, 4) is 11.1 Å². The lowest BCUT2D eigenvalue weighted by molar-refractivity contribution is -0.137. The smallest absolute Gasteiger partial charge is 0.303 e. The maximum Gasteiger partial charge on any atom is 0.303 e. The lowest BCUT2D eigenvalue weighted by Crippen LogP contribution is -2.25. The average molecular weight is 556 g/mol. The maximum atomic E-state index is 13.1. The van der Waals surface area contributed by atoms with Crippen LogP contribution in [0, 0.1) is 0 Å². The van der Waals surface area contributed by atoms with Crippen molar-refractivity contribution in [1.29, 1.82) is 0 Å². The van der Waals surface area contributed by atoms with Crippen LogP contribution < -0.4 is 4.72 Å². The third-order valence-electron chi connectivity index (χ3n) is 6.35. The number of sulfonamides is 1. The predicted molar refractivity (Wildman–Crippen MR) is 151 cm³/mol. The fourth-order valence-corrected chi connectivity index (χ4v) is 5.87. The molecule has 0 saturated carbocycles. The minimum atomic E-state index is -3.74. The van der Waals surface area contributed by atoms with Gasteiger partial charge in [-0.25, -0.2) is 13.1 Å². The Hall–Kier alpha value is -3.00. The van der Waals surface area contributed by atoms with E-state index < -0.39 is 16.0 Å². The highest BCUT2D eigenvalue weighted by atomic mass is 35.5. The topological polar surface area (TPSA) is 101 Å². The summed E-state index contributed by atoms with van der Waals surface area (Å²) in [6.45, 7) is 0.348. The van der Waals surface area contributed by atoms with Crippen LogP contribution in [-0.4, -0.2) is 31.8 Å². The van der Waals surface area contributed by atoms with Crippen molar-refractivity contribution < 1.29 is 23.1 Å². The van der Waals surface area contributed by atoms with E-state index in [4.69, 9.17) is 16.7 Å². The minimum absolute atomic E-state index is 0.166. The molecule has 3 aromatic rings. The van der Waals surface area contributed by atoms with Crippen molar-refractivity contribution in [3.63, 3.8) is 0 Å². The van der Waals surface area contributed by atoms with E-state index in [0.717, 1.165) is 51.4 Å². The number of ketones is 1. The number of rotatable bonds is 16. The van der Waals surface area contributed by atoms with Gasteiger partial charge in [-0.05, 0) is 36.6 Å². The van der Waals surface area contributed by atoms with Gasteiger partial charge < -0.3 is 5.11 Å². The maximum absolute atomic E-state index is 13.1. The summed E-state index contributed by atoms with van der Waals surface area (Å²) in [5, 5.41) is 8.91. The van der Waals surface area contributed by atoms with Gasteiger partial charge in [-0.15, -0.1) is 0 Å². The second-order valence-electron chi connectivity index (χ2n) is 9.26. The van der Waals surface area contributed by atoms with Crippen molar-refractivity contribution in [2.24, 2.45) is 0 Å². The van der Waals surface area contributed by atoms with E-state index in [1.165, 1.54) is 0 Å². The first kappa shape index (κ1) is 29.6. The largest absolute Gasteiger partial charge is 0.481 e. The van der Waals surface area contributed by atoms with Gasteiger partial charge in [-0.3, -0.25) is 9.59 Å². The van der Waals surface area contributed by atoms with Crippen molar-refractivity contribution in [1.82, 2.24) is 4.72 Å². The molecule has 8 heteroatoms. The van der Waals surface area contributed by atoms with Crippen LogP contribution in [0.3, 0.4) is 0 Å². The summed E-state index contributed by atoms with van der Waals surface area (Å²) >= 11 is 6.47. The number of carbonyl (C=O) groups is 2. The van der Waals surface area contributed by atoms with Crippen LogP contribution in [0.25, 0.3) is 11.1 Å². The molecule has 0 aliphatic heterocycles. The Morgan fingerprint density at radius 3 is 2.03 bits per heavy atom. The zero-order chi connectivity index (χ0) is 27.4. The van der Waals surface area contributed by atoms with Crippen LogP contribution in [0.2, 0.25) is 5.02 Å². The number of hydrogen-bond acceptors (Lipinski definition) is 4. The van der Waals surface area contributed by atoms with Crippen molar-refractivity contribution >= 4 is 33.4 Å². The van der Waals surface area contributed by atoms with E-state index in [1.807, 2.05) is 6.07 Å². The molecule has 3 aromatic carbocycles. The lowest BCUT2D eigenvalue weighted by atomic mass is 9.99. The van der Waals surface area contributed by atoms with Crippen LogP contribution >= 0.6 is 11.6 Å². The first-order valence-electron chi connectivity index (χ1n) is 13.0. The zero-order valence-corrected chi connectivity index (χ0v) is 22.9. The summed E-state index contributed by atoms with van der Waals surface area (Å²) in [5.41, 5.74) is 2.03. The molecular weight excluding hydrogens is 522 g/mol. The van der Waals surface area contributed by atoms with Crippen LogP contribution in [0.4, 0.5) is 0 Å². The monoisotopic (exact) mass is 555 g/mol. The minimum Gasteiger partial charge on any atom is -0.481 e. The average Bonchev–Trinajstić information content (AvgIpc) is 2.91. The fraction of sp³-hybridized carbons (Fsp3) is 0.333. The molecule has 0 radical (unpaired) electrons. The number of halogens is 1. The van der Waals surface area contributed by atoms with E-state index in [0.29, 0.717) is 28.8 Å². The van der Waals surface area contributed by atoms with Gasteiger partial charge in [0, 0.05) is 29.7 Å². The highest BCUT2D eigenvalue weighted by Gasteiger charge is 2.20. The SMILES string of the molecule is O=C(O)CCCCCCCCCCNS(=O)(=O)c1ccccc1-c1ccc(C(=O)c2ccccc2)c(Cl)c1. The van der Waals surface area contributed by atoms with Gasteiger partial charge >= 0.3 is 5.97 Å². The second-order valence-corrected chi connectivity index (χ2v) is 11.4. The molecule has 0 atom stereocenters. The first-order chi connectivity index (χ1) is 18.3. The molecule has 0 fully saturated rings. The number of aliphatic carboxylic acids is 1. The number of carboxylic acid groups (broad SMARTS) is 1.